The Balaban J connectivity index is 2.23. The quantitative estimate of drug-likeness (QED) is 0.842. The van der Waals surface area contributed by atoms with Gasteiger partial charge < -0.3 is 10.1 Å². The predicted octanol–water partition coefficient (Wildman–Crippen LogP) is 4.37. The maximum atomic E-state index is 5.52. The maximum Gasteiger partial charge on any atom is 0.123 e. The van der Waals surface area contributed by atoms with Crippen molar-refractivity contribution in [3.63, 3.8) is 0 Å². The number of methoxy groups -OCH3 is 1. The van der Waals surface area contributed by atoms with Gasteiger partial charge in [-0.15, -0.1) is 0 Å². The highest BCUT2D eigenvalue weighted by Crippen LogP contribution is 2.28. The minimum atomic E-state index is 0.331. The molecular weight excluding hydrogens is 246 g/mol. The smallest absolute Gasteiger partial charge is 0.123 e. The van der Waals surface area contributed by atoms with Crippen LogP contribution in [0.2, 0.25) is 0 Å². The Bertz CT molecular complexity index is 575. The van der Waals surface area contributed by atoms with E-state index >= 15 is 0 Å². The maximum absolute atomic E-state index is 5.52. The van der Waals surface area contributed by atoms with Gasteiger partial charge in [-0.3, -0.25) is 0 Å². The Labute approximate surface area is 122 Å². The molecule has 0 amide bonds. The van der Waals surface area contributed by atoms with E-state index in [1.165, 1.54) is 22.8 Å². The molecule has 0 unspecified atom stereocenters. The van der Waals surface area contributed by atoms with Crippen LogP contribution in [0.3, 0.4) is 0 Å². The fourth-order valence-electron chi connectivity index (χ4n) is 2.34. The SMILES string of the molecule is CCC(C)(C)CNCc1c(OC)ccc2ccccc12. The molecule has 0 bridgehead atoms. The lowest BCUT2D eigenvalue weighted by Crippen LogP contribution is -2.28. The second kappa shape index (κ2) is 6.27. The Kier molecular flexibility index (Phi) is 4.66. The first-order chi connectivity index (χ1) is 9.57. The van der Waals surface area contributed by atoms with E-state index in [1.54, 1.807) is 7.11 Å². The summed E-state index contributed by atoms with van der Waals surface area (Å²) in [7, 11) is 1.74. The lowest BCUT2D eigenvalue weighted by molar-refractivity contribution is 0.326. The van der Waals surface area contributed by atoms with E-state index in [1.807, 2.05) is 0 Å². The van der Waals surface area contributed by atoms with Crippen LogP contribution in [0.4, 0.5) is 0 Å². The third kappa shape index (κ3) is 3.31. The molecule has 108 valence electrons. The van der Waals surface area contributed by atoms with Crippen LogP contribution in [0.15, 0.2) is 36.4 Å². The first-order valence-electron chi connectivity index (χ1n) is 7.33. The summed E-state index contributed by atoms with van der Waals surface area (Å²) in [6.07, 6.45) is 1.17. The minimum absolute atomic E-state index is 0.331. The van der Waals surface area contributed by atoms with Gasteiger partial charge in [0, 0.05) is 18.7 Å². The number of nitrogens with one attached hydrogen (secondary N) is 1. The summed E-state index contributed by atoms with van der Waals surface area (Å²) < 4.78 is 5.52. The van der Waals surface area contributed by atoms with Crippen LogP contribution in [0, 0.1) is 5.41 Å². The van der Waals surface area contributed by atoms with Crippen LogP contribution in [-0.2, 0) is 6.54 Å². The molecule has 20 heavy (non-hydrogen) atoms. The summed E-state index contributed by atoms with van der Waals surface area (Å²) >= 11 is 0. The van der Waals surface area contributed by atoms with Crippen molar-refractivity contribution in [1.82, 2.24) is 5.32 Å². The van der Waals surface area contributed by atoms with Crippen molar-refractivity contribution >= 4 is 10.8 Å². The van der Waals surface area contributed by atoms with Crippen LogP contribution in [-0.4, -0.2) is 13.7 Å². The molecule has 0 aliphatic carbocycles. The van der Waals surface area contributed by atoms with Gasteiger partial charge in [-0.05, 0) is 28.7 Å². The Morgan fingerprint density at radius 1 is 1.10 bits per heavy atom. The fourth-order valence-corrected chi connectivity index (χ4v) is 2.34. The van der Waals surface area contributed by atoms with Gasteiger partial charge in [0.05, 0.1) is 7.11 Å². The molecule has 0 aliphatic rings. The van der Waals surface area contributed by atoms with E-state index in [2.05, 4.69) is 62.5 Å². The van der Waals surface area contributed by atoms with E-state index in [9.17, 15) is 0 Å². The van der Waals surface area contributed by atoms with Crippen LogP contribution in [0.5, 0.6) is 5.75 Å². The van der Waals surface area contributed by atoms with E-state index in [4.69, 9.17) is 4.74 Å². The van der Waals surface area contributed by atoms with Crippen molar-refractivity contribution in [3.05, 3.63) is 42.0 Å². The summed E-state index contributed by atoms with van der Waals surface area (Å²) in [5.41, 5.74) is 1.58. The highest BCUT2D eigenvalue weighted by atomic mass is 16.5. The average Bonchev–Trinajstić information content (AvgIpc) is 2.47. The van der Waals surface area contributed by atoms with Crippen molar-refractivity contribution in [2.75, 3.05) is 13.7 Å². The molecule has 0 heterocycles. The third-order valence-electron chi connectivity index (χ3n) is 4.08. The number of benzene rings is 2. The summed E-state index contributed by atoms with van der Waals surface area (Å²) in [6, 6.07) is 12.7. The first-order valence-corrected chi connectivity index (χ1v) is 7.33. The van der Waals surface area contributed by atoms with Crippen molar-refractivity contribution in [2.45, 2.75) is 33.7 Å². The molecule has 2 aromatic carbocycles. The molecule has 0 spiro atoms. The van der Waals surface area contributed by atoms with Crippen LogP contribution >= 0.6 is 0 Å². The monoisotopic (exact) mass is 271 g/mol. The van der Waals surface area contributed by atoms with E-state index in [-0.39, 0.29) is 0 Å². The molecule has 0 fully saturated rings. The standard InChI is InChI=1S/C18H25NO/c1-5-18(2,3)13-19-12-16-15-9-7-6-8-14(15)10-11-17(16)20-4/h6-11,19H,5,12-13H2,1-4H3. The van der Waals surface area contributed by atoms with E-state index in [0.29, 0.717) is 5.41 Å². The number of hydrogen-bond acceptors (Lipinski definition) is 2. The molecule has 2 aromatic rings. The zero-order chi connectivity index (χ0) is 14.6. The molecule has 2 nitrogen and oxygen atoms in total. The van der Waals surface area contributed by atoms with Crippen molar-refractivity contribution in [3.8, 4) is 5.75 Å². The van der Waals surface area contributed by atoms with Crippen LogP contribution in [0.25, 0.3) is 10.8 Å². The number of fused-ring (bicyclic) bond motifs is 1. The van der Waals surface area contributed by atoms with Gasteiger partial charge in [-0.2, -0.15) is 0 Å². The van der Waals surface area contributed by atoms with Crippen molar-refractivity contribution in [2.24, 2.45) is 5.41 Å². The lowest BCUT2D eigenvalue weighted by atomic mass is 9.90. The van der Waals surface area contributed by atoms with Crippen molar-refractivity contribution in [1.29, 1.82) is 0 Å². The van der Waals surface area contributed by atoms with E-state index < -0.39 is 0 Å². The van der Waals surface area contributed by atoms with E-state index in [0.717, 1.165) is 18.8 Å². The fraction of sp³-hybridized carbons (Fsp3) is 0.444. The minimum Gasteiger partial charge on any atom is -0.496 e. The molecule has 0 aliphatic heterocycles. The largest absolute Gasteiger partial charge is 0.496 e. The normalized spacial score (nSPS) is 11.8. The summed E-state index contributed by atoms with van der Waals surface area (Å²) in [5, 5.41) is 6.12. The highest BCUT2D eigenvalue weighted by molar-refractivity contribution is 5.87. The molecule has 0 aromatic heterocycles. The van der Waals surface area contributed by atoms with Crippen molar-refractivity contribution < 1.29 is 4.74 Å². The Morgan fingerprint density at radius 2 is 1.85 bits per heavy atom. The van der Waals surface area contributed by atoms with Crippen LogP contribution < -0.4 is 10.1 Å². The first kappa shape index (κ1) is 14.9. The number of hydrogen-bond donors (Lipinski definition) is 1. The molecule has 1 N–H and O–H groups in total. The van der Waals surface area contributed by atoms with Gasteiger partial charge in [0.25, 0.3) is 0 Å². The summed E-state index contributed by atoms with van der Waals surface area (Å²) in [4.78, 5) is 0. The van der Waals surface area contributed by atoms with Gasteiger partial charge in [0.15, 0.2) is 0 Å². The summed E-state index contributed by atoms with van der Waals surface area (Å²) in [5.74, 6) is 0.963. The third-order valence-corrected chi connectivity index (χ3v) is 4.08. The highest BCUT2D eigenvalue weighted by Gasteiger charge is 2.15. The molecule has 2 heteroatoms. The average molecular weight is 271 g/mol. The number of ether oxygens (including phenoxy) is 1. The molecular formula is C18H25NO. The Hall–Kier alpha value is -1.54. The molecule has 0 saturated carbocycles. The molecule has 2 rings (SSSR count). The van der Waals surface area contributed by atoms with Crippen LogP contribution in [0.1, 0.15) is 32.8 Å². The second-order valence-corrected chi connectivity index (χ2v) is 6.09. The second-order valence-electron chi connectivity index (χ2n) is 6.09. The van der Waals surface area contributed by atoms with Gasteiger partial charge >= 0.3 is 0 Å². The number of rotatable bonds is 6. The van der Waals surface area contributed by atoms with Gasteiger partial charge in [-0.25, -0.2) is 0 Å². The van der Waals surface area contributed by atoms with Gasteiger partial charge in [0.1, 0.15) is 5.75 Å². The molecule has 0 atom stereocenters. The lowest BCUT2D eigenvalue weighted by Gasteiger charge is -2.23. The zero-order valence-corrected chi connectivity index (χ0v) is 13.0. The van der Waals surface area contributed by atoms with Gasteiger partial charge in [0.2, 0.25) is 0 Å². The summed E-state index contributed by atoms with van der Waals surface area (Å²) in [6.45, 7) is 8.67. The molecule has 0 radical (unpaired) electrons. The molecule has 0 saturated heterocycles. The zero-order valence-electron chi connectivity index (χ0n) is 13.0. The predicted molar refractivity (Wildman–Crippen MR) is 86.3 cm³/mol. The Morgan fingerprint density at radius 3 is 2.55 bits per heavy atom. The topological polar surface area (TPSA) is 21.3 Å². The van der Waals surface area contributed by atoms with Gasteiger partial charge in [-0.1, -0.05) is 51.1 Å².